The van der Waals surface area contributed by atoms with Crippen molar-refractivity contribution in [1.29, 1.82) is 0 Å². The molecule has 0 aliphatic rings. The zero-order valence-electron chi connectivity index (χ0n) is 8.97. The number of nitrogens with two attached hydrogens (primary N) is 1. The second-order valence-corrected chi connectivity index (χ2v) is 3.07. The summed E-state index contributed by atoms with van der Waals surface area (Å²) in [5.41, 5.74) is 5.53. The number of rotatable bonds is 6. The van der Waals surface area contributed by atoms with Crippen LogP contribution in [0.3, 0.4) is 0 Å². The molecule has 0 amide bonds. The van der Waals surface area contributed by atoms with Gasteiger partial charge in [0.05, 0.1) is 13.2 Å². The topological polar surface area (TPSA) is 66.6 Å². The highest BCUT2D eigenvalue weighted by Gasteiger charge is 2.09. The smallest absolute Gasteiger partial charge is 0.145 e. The van der Waals surface area contributed by atoms with Crippen molar-refractivity contribution in [2.45, 2.75) is 6.10 Å². The average molecular weight is 212 g/mol. The molecule has 5 nitrogen and oxygen atoms in total. The van der Waals surface area contributed by atoms with Gasteiger partial charge in [0.1, 0.15) is 17.7 Å². The molecule has 0 bridgehead atoms. The maximum Gasteiger partial charge on any atom is 0.145 e. The van der Waals surface area contributed by atoms with E-state index in [1.165, 1.54) is 0 Å². The number of nitrogens with zero attached hydrogens (tertiary/aromatic N) is 1. The number of anilines is 1. The zero-order valence-corrected chi connectivity index (χ0v) is 8.97. The fourth-order valence-corrected chi connectivity index (χ4v) is 1.18. The van der Waals surface area contributed by atoms with Crippen LogP contribution < -0.4 is 10.5 Å². The van der Waals surface area contributed by atoms with E-state index in [0.717, 1.165) is 0 Å². The Balaban J connectivity index is 2.56. The number of ether oxygens (including phenoxy) is 3. The summed E-state index contributed by atoms with van der Waals surface area (Å²) in [5, 5.41) is 0. The molecule has 1 heterocycles. The van der Waals surface area contributed by atoms with Gasteiger partial charge in [0.15, 0.2) is 0 Å². The van der Waals surface area contributed by atoms with Gasteiger partial charge in [-0.3, -0.25) is 0 Å². The van der Waals surface area contributed by atoms with E-state index >= 15 is 0 Å². The first-order valence-electron chi connectivity index (χ1n) is 4.62. The summed E-state index contributed by atoms with van der Waals surface area (Å²) in [7, 11) is 3.24. The van der Waals surface area contributed by atoms with Crippen molar-refractivity contribution in [1.82, 2.24) is 4.98 Å². The molecule has 0 unspecified atom stereocenters. The molecular formula is C10H16N2O3. The molecule has 0 spiro atoms. The van der Waals surface area contributed by atoms with E-state index < -0.39 is 0 Å². The first kappa shape index (κ1) is 11.7. The molecule has 15 heavy (non-hydrogen) atoms. The van der Waals surface area contributed by atoms with E-state index in [4.69, 9.17) is 19.9 Å². The van der Waals surface area contributed by atoms with Gasteiger partial charge >= 0.3 is 0 Å². The van der Waals surface area contributed by atoms with Gasteiger partial charge in [-0.1, -0.05) is 0 Å². The highest BCUT2D eigenvalue weighted by atomic mass is 16.6. The molecule has 0 saturated carbocycles. The van der Waals surface area contributed by atoms with Gasteiger partial charge in [-0.05, 0) is 6.07 Å². The van der Waals surface area contributed by atoms with Crippen LogP contribution in [0.4, 0.5) is 5.82 Å². The van der Waals surface area contributed by atoms with Crippen LogP contribution in [0.25, 0.3) is 0 Å². The first-order chi connectivity index (χ1) is 7.26. The van der Waals surface area contributed by atoms with Crippen LogP contribution in [-0.4, -0.2) is 38.5 Å². The largest absolute Gasteiger partial charge is 0.485 e. The van der Waals surface area contributed by atoms with Crippen molar-refractivity contribution in [3.63, 3.8) is 0 Å². The quantitative estimate of drug-likeness (QED) is 0.752. The summed E-state index contributed by atoms with van der Waals surface area (Å²) in [5.74, 6) is 1.10. The number of hydrogen-bond donors (Lipinski definition) is 1. The van der Waals surface area contributed by atoms with Crippen molar-refractivity contribution in [3.05, 3.63) is 18.3 Å². The first-order valence-corrected chi connectivity index (χ1v) is 4.62. The summed E-state index contributed by atoms with van der Waals surface area (Å²) in [6.45, 7) is 0.937. The monoisotopic (exact) mass is 212 g/mol. The number of methoxy groups -OCH3 is 2. The lowest BCUT2D eigenvalue weighted by atomic mass is 10.3. The molecule has 0 aliphatic heterocycles. The molecule has 0 saturated heterocycles. The molecule has 1 rings (SSSR count). The van der Waals surface area contributed by atoms with Crippen LogP contribution in [0.2, 0.25) is 0 Å². The Bertz CT molecular complexity index is 288. The lowest BCUT2D eigenvalue weighted by Crippen LogP contribution is -2.27. The second kappa shape index (κ2) is 6.21. The number of aromatic nitrogens is 1. The van der Waals surface area contributed by atoms with E-state index in [2.05, 4.69) is 4.98 Å². The minimum atomic E-state index is -0.137. The van der Waals surface area contributed by atoms with Crippen LogP contribution in [0.5, 0.6) is 5.75 Å². The third-order valence-corrected chi connectivity index (χ3v) is 1.76. The molecule has 84 valence electrons. The molecular weight excluding hydrogens is 196 g/mol. The fourth-order valence-electron chi connectivity index (χ4n) is 1.18. The van der Waals surface area contributed by atoms with Gasteiger partial charge in [-0.2, -0.15) is 0 Å². The van der Waals surface area contributed by atoms with Gasteiger partial charge in [0, 0.05) is 26.5 Å². The van der Waals surface area contributed by atoms with Crippen LogP contribution in [-0.2, 0) is 9.47 Å². The minimum absolute atomic E-state index is 0.137. The Hall–Kier alpha value is -1.33. The van der Waals surface area contributed by atoms with Crippen molar-refractivity contribution in [2.24, 2.45) is 0 Å². The summed E-state index contributed by atoms with van der Waals surface area (Å²) >= 11 is 0. The molecule has 0 radical (unpaired) electrons. The van der Waals surface area contributed by atoms with Crippen molar-refractivity contribution in [3.8, 4) is 5.75 Å². The molecule has 1 aromatic rings. The van der Waals surface area contributed by atoms with Crippen molar-refractivity contribution < 1.29 is 14.2 Å². The van der Waals surface area contributed by atoms with Crippen molar-refractivity contribution >= 4 is 5.82 Å². The van der Waals surface area contributed by atoms with Gasteiger partial charge in [-0.15, -0.1) is 0 Å². The lowest BCUT2D eigenvalue weighted by Gasteiger charge is -2.17. The minimum Gasteiger partial charge on any atom is -0.485 e. The van der Waals surface area contributed by atoms with E-state index in [9.17, 15) is 0 Å². The van der Waals surface area contributed by atoms with Crippen LogP contribution in [0.15, 0.2) is 18.3 Å². The number of nitrogen functional groups attached to an aromatic ring is 1. The van der Waals surface area contributed by atoms with Crippen molar-refractivity contribution in [2.75, 3.05) is 33.2 Å². The summed E-state index contributed by atoms with van der Waals surface area (Å²) in [6.07, 6.45) is 1.46. The molecule has 5 heteroatoms. The number of pyridine rings is 1. The highest BCUT2D eigenvalue weighted by Crippen LogP contribution is 2.14. The maximum absolute atomic E-state index is 5.61. The summed E-state index contributed by atoms with van der Waals surface area (Å²) < 4.78 is 15.6. The van der Waals surface area contributed by atoms with Crippen LogP contribution >= 0.6 is 0 Å². The molecule has 2 N–H and O–H groups in total. The van der Waals surface area contributed by atoms with Gasteiger partial charge < -0.3 is 19.9 Å². The highest BCUT2D eigenvalue weighted by molar-refractivity contribution is 5.35. The van der Waals surface area contributed by atoms with Gasteiger partial charge in [0.25, 0.3) is 0 Å². The van der Waals surface area contributed by atoms with Gasteiger partial charge in [-0.25, -0.2) is 4.98 Å². The Kier molecular flexibility index (Phi) is 4.86. The normalized spacial score (nSPS) is 10.6. The van der Waals surface area contributed by atoms with Crippen LogP contribution in [0, 0.1) is 0 Å². The molecule has 1 aromatic heterocycles. The average Bonchev–Trinajstić information content (AvgIpc) is 2.18. The summed E-state index contributed by atoms with van der Waals surface area (Å²) in [6, 6.07) is 3.41. The van der Waals surface area contributed by atoms with Crippen LogP contribution in [0.1, 0.15) is 0 Å². The van der Waals surface area contributed by atoms with Gasteiger partial charge in [0.2, 0.25) is 0 Å². The Morgan fingerprint density at radius 1 is 1.33 bits per heavy atom. The van der Waals surface area contributed by atoms with E-state index in [1.807, 2.05) is 0 Å². The third-order valence-electron chi connectivity index (χ3n) is 1.76. The standard InChI is InChI=1S/C10H16N2O3/c1-13-6-9(7-14-2)15-8-3-4-12-10(11)5-8/h3-5,9H,6-7H2,1-2H3,(H2,11,12). The third kappa shape index (κ3) is 4.14. The SMILES string of the molecule is COCC(COC)Oc1ccnc(N)c1. The van der Waals surface area contributed by atoms with E-state index in [1.54, 1.807) is 32.5 Å². The molecule has 0 aromatic carbocycles. The Labute approximate surface area is 89.2 Å². The fraction of sp³-hybridized carbons (Fsp3) is 0.500. The molecule has 0 aliphatic carbocycles. The number of hydrogen-bond acceptors (Lipinski definition) is 5. The predicted octanol–water partition coefficient (Wildman–Crippen LogP) is 0.704. The zero-order chi connectivity index (χ0) is 11.1. The van der Waals surface area contributed by atoms with E-state index in [-0.39, 0.29) is 6.10 Å². The maximum atomic E-state index is 5.61. The second-order valence-electron chi connectivity index (χ2n) is 3.07. The molecule has 0 fully saturated rings. The lowest BCUT2D eigenvalue weighted by molar-refractivity contribution is 0.0245. The molecule has 0 atom stereocenters. The van der Waals surface area contributed by atoms with E-state index in [0.29, 0.717) is 24.8 Å². The Morgan fingerprint density at radius 3 is 2.53 bits per heavy atom. The predicted molar refractivity (Wildman–Crippen MR) is 56.8 cm³/mol. The Morgan fingerprint density at radius 2 is 2.00 bits per heavy atom. The summed E-state index contributed by atoms with van der Waals surface area (Å²) in [4.78, 5) is 3.87.